The molecule has 0 unspecified atom stereocenters. The van der Waals surface area contributed by atoms with Gasteiger partial charge in [-0.25, -0.2) is 4.79 Å². The lowest BCUT2D eigenvalue weighted by atomic mass is 10.0. The van der Waals surface area contributed by atoms with Gasteiger partial charge in [0.15, 0.2) is 0 Å². The zero-order chi connectivity index (χ0) is 29.8. The molecule has 0 aliphatic carbocycles. The van der Waals surface area contributed by atoms with Crippen LogP contribution in [0.2, 0.25) is 0 Å². The van der Waals surface area contributed by atoms with E-state index in [0.29, 0.717) is 35.8 Å². The Morgan fingerprint density at radius 2 is 1.85 bits per heavy atom. The number of anilines is 2. The first-order valence-corrected chi connectivity index (χ1v) is 14.9. The minimum atomic E-state index is -0.421. The van der Waals surface area contributed by atoms with Crippen LogP contribution < -0.4 is 15.4 Å². The van der Waals surface area contributed by atoms with E-state index in [1.165, 1.54) is 0 Å². The SMILES string of the molecule is CCCN(C)C[C@H]1OCCCC[C@@H](C)Oc2ccc(NC(=O)Nc3ccccc3)cc2C(=O)N([C@H](C)CO)C[C@@H]1C. The number of urea groups is 1. The quantitative estimate of drug-likeness (QED) is 0.390. The van der Waals surface area contributed by atoms with E-state index in [0.717, 1.165) is 38.8 Å². The summed E-state index contributed by atoms with van der Waals surface area (Å²) < 4.78 is 12.7. The zero-order valence-corrected chi connectivity index (χ0v) is 25.3. The maximum absolute atomic E-state index is 14.2. The molecule has 0 saturated heterocycles. The van der Waals surface area contributed by atoms with Crippen LogP contribution in [0.1, 0.15) is 63.7 Å². The van der Waals surface area contributed by atoms with E-state index >= 15 is 0 Å². The first-order valence-electron chi connectivity index (χ1n) is 14.9. The molecule has 9 nitrogen and oxygen atoms in total. The molecule has 0 bridgehead atoms. The number of ether oxygens (including phenoxy) is 2. The van der Waals surface area contributed by atoms with Crippen LogP contribution in [0, 0.1) is 5.92 Å². The number of rotatable bonds is 8. The topological polar surface area (TPSA) is 103 Å². The van der Waals surface area contributed by atoms with Crippen molar-refractivity contribution in [2.45, 2.75) is 71.6 Å². The number of fused-ring (bicyclic) bond motifs is 1. The van der Waals surface area contributed by atoms with Crippen molar-refractivity contribution in [1.82, 2.24) is 9.80 Å². The lowest BCUT2D eigenvalue weighted by molar-refractivity contribution is -0.0167. The van der Waals surface area contributed by atoms with E-state index in [2.05, 4.69) is 36.4 Å². The first kappa shape index (κ1) is 32.4. The van der Waals surface area contributed by atoms with Gasteiger partial charge in [-0.2, -0.15) is 0 Å². The fourth-order valence-electron chi connectivity index (χ4n) is 5.06. The first-order chi connectivity index (χ1) is 19.7. The van der Waals surface area contributed by atoms with Gasteiger partial charge in [-0.05, 0) is 83.5 Å². The number of hydrogen-bond donors (Lipinski definition) is 3. The van der Waals surface area contributed by atoms with Crippen LogP contribution in [0.15, 0.2) is 48.5 Å². The van der Waals surface area contributed by atoms with E-state index in [1.807, 2.05) is 32.0 Å². The average Bonchev–Trinajstić information content (AvgIpc) is 2.95. The minimum absolute atomic E-state index is 0.0245. The van der Waals surface area contributed by atoms with Crippen molar-refractivity contribution in [3.63, 3.8) is 0 Å². The summed E-state index contributed by atoms with van der Waals surface area (Å²) in [5.41, 5.74) is 1.48. The summed E-state index contributed by atoms with van der Waals surface area (Å²) in [6.45, 7) is 10.7. The summed E-state index contributed by atoms with van der Waals surface area (Å²) in [4.78, 5) is 30.8. The fourth-order valence-corrected chi connectivity index (χ4v) is 5.06. The van der Waals surface area contributed by atoms with Crippen LogP contribution in [0.25, 0.3) is 0 Å². The number of aliphatic hydroxyl groups excluding tert-OH is 1. The van der Waals surface area contributed by atoms with Crippen LogP contribution in [-0.2, 0) is 4.74 Å². The number of likely N-dealkylation sites (N-methyl/N-ethyl adjacent to an activating group) is 1. The summed E-state index contributed by atoms with van der Waals surface area (Å²) in [5.74, 6) is 0.230. The number of carbonyl (C=O) groups excluding carboxylic acids is 2. The molecule has 1 aliphatic rings. The van der Waals surface area contributed by atoms with Gasteiger partial charge < -0.3 is 35.0 Å². The third-order valence-electron chi connectivity index (χ3n) is 7.44. The van der Waals surface area contributed by atoms with Crippen molar-refractivity contribution in [2.24, 2.45) is 5.92 Å². The van der Waals surface area contributed by atoms with E-state index < -0.39 is 12.1 Å². The van der Waals surface area contributed by atoms with E-state index in [1.54, 1.807) is 35.2 Å². The second-order valence-corrected chi connectivity index (χ2v) is 11.2. The summed E-state index contributed by atoms with van der Waals surface area (Å²) in [5, 5.41) is 15.8. The number of para-hydroxylation sites is 1. The number of hydrogen-bond acceptors (Lipinski definition) is 6. The van der Waals surface area contributed by atoms with Crippen LogP contribution in [-0.4, -0.2) is 85.0 Å². The Morgan fingerprint density at radius 3 is 2.56 bits per heavy atom. The van der Waals surface area contributed by atoms with Crippen molar-refractivity contribution in [3.05, 3.63) is 54.1 Å². The molecule has 1 aliphatic heterocycles. The Balaban J connectivity index is 1.92. The van der Waals surface area contributed by atoms with Crippen molar-refractivity contribution in [1.29, 1.82) is 0 Å². The van der Waals surface area contributed by atoms with Crippen LogP contribution >= 0.6 is 0 Å². The van der Waals surface area contributed by atoms with Crippen LogP contribution in [0.4, 0.5) is 16.2 Å². The van der Waals surface area contributed by atoms with Gasteiger partial charge in [0.05, 0.1) is 30.4 Å². The molecule has 0 fully saturated rings. The molecule has 3 N–H and O–H groups in total. The molecular formula is C32H48N4O5. The lowest BCUT2D eigenvalue weighted by Gasteiger charge is -2.35. The maximum atomic E-state index is 14.2. The Hall–Kier alpha value is -3.14. The second kappa shape index (κ2) is 16.3. The highest BCUT2D eigenvalue weighted by atomic mass is 16.5. The summed E-state index contributed by atoms with van der Waals surface area (Å²) in [7, 11) is 2.10. The number of carbonyl (C=O) groups is 2. The van der Waals surface area contributed by atoms with Crippen molar-refractivity contribution < 1.29 is 24.2 Å². The largest absolute Gasteiger partial charge is 0.490 e. The van der Waals surface area contributed by atoms with Gasteiger partial charge in [0.2, 0.25) is 0 Å². The van der Waals surface area contributed by atoms with E-state index in [4.69, 9.17) is 9.47 Å². The fraction of sp³-hybridized carbons (Fsp3) is 0.562. The Kier molecular flexibility index (Phi) is 12.9. The molecule has 0 saturated carbocycles. The molecule has 0 spiro atoms. The van der Waals surface area contributed by atoms with Crippen molar-refractivity contribution >= 4 is 23.3 Å². The van der Waals surface area contributed by atoms with Gasteiger partial charge in [-0.15, -0.1) is 0 Å². The summed E-state index contributed by atoms with van der Waals surface area (Å²) in [6, 6.07) is 13.5. The third kappa shape index (κ3) is 10.0. The van der Waals surface area contributed by atoms with Gasteiger partial charge in [0.1, 0.15) is 5.75 Å². The number of nitrogens with one attached hydrogen (secondary N) is 2. The molecule has 2 aromatic rings. The summed E-state index contributed by atoms with van der Waals surface area (Å²) >= 11 is 0. The molecular weight excluding hydrogens is 520 g/mol. The Bertz CT molecular complexity index is 1100. The molecule has 226 valence electrons. The van der Waals surface area contributed by atoms with Crippen LogP contribution in [0.5, 0.6) is 5.75 Å². The number of amides is 3. The minimum Gasteiger partial charge on any atom is -0.490 e. The molecule has 1 heterocycles. The highest BCUT2D eigenvalue weighted by Gasteiger charge is 2.30. The van der Waals surface area contributed by atoms with Gasteiger partial charge in [-0.1, -0.05) is 32.0 Å². The molecule has 41 heavy (non-hydrogen) atoms. The number of benzene rings is 2. The third-order valence-corrected chi connectivity index (χ3v) is 7.44. The molecule has 2 aromatic carbocycles. The standard InChI is InChI=1S/C32H48N4O5/c1-6-17-35(5)21-30-23(2)20-36(24(3)22-37)31(38)28-19-27(34-32(39)33-26-13-8-7-9-14-26)15-16-29(28)41-25(4)12-10-11-18-40-30/h7-9,13-16,19,23-25,30,37H,6,10-12,17-18,20-22H2,1-5H3,(H2,33,34,39)/t23-,24+,25+,30+/m0/s1. The predicted octanol–water partition coefficient (Wildman–Crippen LogP) is 5.47. The highest BCUT2D eigenvalue weighted by molar-refractivity contribution is 6.02. The highest BCUT2D eigenvalue weighted by Crippen LogP contribution is 2.28. The number of nitrogens with zero attached hydrogens (tertiary/aromatic N) is 2. The predicted molar refractivity (Wildman–Crippen MR) is 164 cm³/mol. The molecule has 9 heteroatoms. The Morgan fingerprint density at radius 1 is 1.12 bits per heavy atom. The van der Waals surface area contributed by atoms with E-state index in [9.17, 15) is 14.7 Å². The normalized spacial score (nSPS) is 21.4. The monoisotopic (exact) mass is 568 g/mol. The smallest absolute Gasteiger partial charge is 0.323 e. The van der Waals surface area contributed by atoms with Gasteiger partial charge in [-0.3, -0.25) is 4.79 Å². The van der Waals surface area contributed by atoms with Crippen molar-refractivity contribution in [2.75, 3.05) is 50.5 Å². The van der Waals surface area contributed by atoms with Crippen LogP contribution in [0.3, 0.4) is 0 Å². The molecule has 0 aromatic heterocycles. The van der Waals surface area contributed by atoms with Crippen molar-refractivity contribution in [3.8, 4) is 5.75 Å². The van der Waals surface area contributed by atoms with Gasteiger partial charge in [0.25, 0.3) is 5.91 Å². The lowest BCUT2D eigenvalue weighted by Crippen LogP contribution is -2.47. The molecule has 3 rings (SSSR count). The summed E-state index contributed by atoms with van der Waals surface area (Å²) in [6.07, 6.45) is 3.58. The second-order valence-electron chi connectivity index (χ2n) is 11.2. The Labute approximate surface area is 245 Å². The number of aliphatic hydroxyl groups is 1. The molecule has 3 amide bonds. The molecule has 0 radical (unpaired) electrons. The van der Waals surface area contributed by atoms with Gasteiger partial charge >= 0.3 is 6.03 Å². The van der Waals surface area contributed by atoms with E-state index in [-0.39, 0.29) is 30.6 Å². The maximum Gasteiger partial charge on any atom is 0.323 e. The molecule has 4 atom stereocenters. The zero-order valence-electron chi connectivity index (χ0n) is 25.3. The average molecular weight is 569 g/mol. The van der Waals surface area contributed by atoms with Gasteiger partial charge in [0, 0.05) is 37.0 Å².